The van der Waals surface area contributed by atoms with Gasteiger partial charge in [-0.1, -0.05) is 0 Å². The topological polar surface area (TPSA) is 26.3 Å². The molecule has 5 heteroatoms. The first-order chi connectivity index (χ1) is 8.02. The van der Waals surface area contributed by atoms with E-state index in [0.717, 1.165) is 12.1 Å². The van der Waals surface area contributed by atoms with Crippen molar-refractivity contribution in [3.8, 4) is 0 Å². The molecule has 0 aromatic heterocycles. The molecule has 0 N–H and O–H groups in total. The van der Waals surface area contributed by atoms with Crippen LogP contribution in [0.25, 0.3) is 0 Å². The molecule has 2 unspecified atom stereocenters. The maximum Gasteiger partial charge on any atom is 0.195 e. The number of ketones is 1. The highest BCUT2D eigenvalue weighted by molar-refractivity contribution is 5.98. The van der Waals surface area contributed by atoms with E-state index in [9.17, 15) is 18.0 Å². The van der Waals surface area contributed by atoms with Gasteiger partial charge in [-0.3, -0.25) is 4.79 Å². The largest absolute Gasteiger partial charge is 0.378 e. The van der Waals surface area contributed by atoms with Crippen LogP contribution in [0.3, 0.4) is 0 Å². The Balaban J connectivity index is 2.34. The van der Waals surface area contributed by atoms with E-state index in [1.54, 1.807) is 6.92 Å². The third-order valence-electron chi connectivity index (χ3n) is 3.01. The molecule has 0 bridgehead atoms. The van der Waals surface area contributed by atoms with Crippen molar-refractivity contribution in [2.24, 2.45) is 5.92 Å². The highest BCUT2D eigenvalue weighted by atomic mass is 19.2. The molecule has 92 valence electrons. The highest BCUT2D eigenvalue weighted by Crippen LogP contribution is 2.26. The van der Waals surface area contributed by atoms with Gasteiger partial charge in [-0.25, -0.2) is 13.2 Å². The SMILES string of the molecule is CC1OCCC1C(=O)c1ccc(F)c(F)c1F. The van der Waals surface area contributed by atoms with E-state index < -0.39 is 34.7 Å². The van der Waals surface area contributed by atoms with Crippen molar-refractivity contribution in [3.05, 3.63) is 35.1 Å². The molecule has 17 heavy (non-hydrogen) atoms. The summed E-state index contributed by atoms with van der Waals surface area (Å²) in [5, 5.41) is 0. The van der Waals surface area contributed by atoms with Crippen molar-refractivity contribution < 1.29 is 22.7 Å². The van der Waals surface area contributed by atoms with Gasteiger partial charge in [0.25, 0.3) is 0 Å². The lowest BCUT2D eigenvalue weighted by Crippen LogP contribution is -2.23. The summed E-state index contributed by atoms with van der Waals surface area (Å²) in [5.41, 5.74) is -0.411. The molecule has 0 spiro atoms. The van der Waals surface area contributed by atoms with Crippen LogP contribution in [0.1, 0.15) is 23.7 Å². The molecule has 1 aliphatic heterocycles. The van der Waals surface area contributed by atoms with E-state index >= 15 is 0 Å². The normalized spacial score (nSPS) is 24.0. The minimum atomic E-state index is -1.61. The van der Waals surface area contributed by atoms with Crippen molar-refractivity contribution in [2.75, 3.05) is 6.61 Å². The number of carbonyl (C=O) groups is 1. The van der Waals surface area contributed by atoms with Crippen LogP contribution in [0, 0.1) is 23.4 Å². The van der Waals surface area contributed by atoms with Crippen molar-refractivity contribution in [2.45, 2.75) is 19.4 Å². The van der Waals surface area contributed by atoms with Crippen LogP contribution in [0.2, 0.25) is 0 Å². The second-order valence-electron chi connectivity index (χ2n) is 4.06. The summed E-state index contributed by atoms with van der Waals surface area (Å²) in [6.45, 7) is 2.12. The van der Waals surface area contributed by atoms with Crippen molar-refractivity contribution in [1.82, 2.24) is 0 Å². The first-order valence-corrected chi connectivity index (χ1v) is 5.31. The molecular weight excluding hydrogens is 233 g/mol. The Morgan fingerprint density at radius 2 is 2.00 bits per heavy atom. The molecule has 0 saturated carbocycles. The van der Waals surface area contributed by atoms with Gasteiger partial charge in [-0.05, 0) is 25.5 Å². The van der Waals surface area contributed by atoms with E-state index in [1.807, 2.05) is 0 Å². The number of carbonyl (C=O) groups excluding carboxylic acids is 1. The van der Waals surface area contributed by atoms with Crippen molar-refractivity contribution >= 4 is 5.78 Å². The zero-order valence-electron chi connectivity index (χ0n) is 9.17. The van der Waals surface area contributed by atoms with E-state index in [0.29, 0.717) is 13.0 Å². The Labute approximate surface area is 96.4 Å². The number of halogens is 3. The molecule has 1 heterocycles. The predicted octanol–water partition coefficient (Wildman–Crippen LogP) is 2.71. The Bertz CT molecular complexity index is 459. The van der Waals surface area contributed by atoms with Gasteiger partial charge in [-0.15, -0.1) is 0 Å². The summed E-state index contributed by atoms with van der Waals surface area (Å²) < 4.78 is 44.3. The molecule has 1 aliphatic rings. The van der Waals surface area contributed by atoms with Gasteiger partial charge in [-0.2, -0.15) is 0 Å². The molecular formula is C12H11F3O2. The van der Waals surface area contributed by atoms with Gasteiger partial charge in [0.15, 0.2) is 23.2 Å². The molecule has 1 fully saturated rings. The molecule has 0 aliphatic carbocycles. The predicted molar refractivity (Wildman–Crippen MR) is 54.2 cm³/mol. The maximum absolute atomic E-state index is 13.4. The fourth-order valence-corrected chi connectivity index (χ4v) is 1.99. The molecule has 0 amide bonds. The van der Waals surface area contributed by atoms with Gasteiger partial charge in [0, 0.05) is 6.61 Å². The standard InChI is InChI=1S/C12H11F3O2/c1-6-7(4-5-17-6)12(16)8-2-3-9(13)11(15)10(8)14/h2-3,6-7H,4-5H2,1H3. The van der Waals surface area contributed by atoms with Crippen LogP contribution in [0.5, 0.6) is 0 Å². The second kappa shape index (κ2) is 4.49. The van der Waals surface area contributed by atoms with E-state index in [-0.39, 0.29) is 6.10 Å². The Morgan fingerprint density at radius 3 is 2.59 bits per heavy atom. The fourth-order valence-electron chi connectivity index (χ4n) is 1.99. The van der Waals surface area contributed by atoms with Gasteiger partial charge < -0.3 is 4.74 Å². The second-order valence-corrected chi connectivity index (χ2v) is 4.06. The van der Waals surface area contributed by atoms with E-state index in [4.69, 9.17) is 4.74 Å². The fraction of sp³-hybridized carbons (Fsp3) is 0.417. The number of rotatable bonds is 2. The lowest BCUT2D eigenvalue weighted by Gasteiger charge is -2.13. The minimum absolute atomic E-state index is 0.324. The van der Waals surface area contributed by atoms with Gasteiger partial charge >= 0.3 is 0 Å². The van der Waals surface area contributed by atoms with E-state index in [1.165, 1.54) is 0 Å². The lowest BCUT2D eigenvalue weighted by molar-refractivity contribution is 0.0760. The van der Waals surface area contributed by atoms with Crippen LogP contribution in [0.15, 0.2) is 12.1 Å². The lowest BCUT2D eigenvalue weighted by atomic mass is 9.92. The quantitative estimate of drug-likeness (QED) is 0.590. The number of hydrogen-bond acceptors (Lipinski definition) is 2. The van der Waals surface area contributed by atoms with Crippen LogP contribution < -0.4 is 0 Å². The molecule has 2 atom stereocenters. The third-order valence-corrected chi connectivity index (χ3v) is 3.01. The zero-order valence-corrected chi connectivity index (χ0v) is 9.17. The average molecular weight is 244 g/mol. The van der Waals surface area contributed by atoms with Gasteiger partial charge in [0.05, 0.1) is 17.6 Å². The number of ether oxygens (including phenoxy) is 1. The Kier molecular flexibility index (Phi) is 3.19. The summed E-state index contributed by atoms with van der Waals surface area (Å²) in [6.07, 6.45) is 0.147. The summed E-state index contributed by atoms with van der Waals surface area (Å²) in [4.78, 5) is 11.9. The smallest absolute Gasteiger partial charge is 0.195 e. The van der Waals surface area contributed by atoms with Gasteiger partial charge in [0.1, 0.15) is 0 Å². The molecule has 2 nitrogen and oxygen atoms in total. The number of Topliss-reactive ketones (excluding diaryl/α,β-unsaturated/α-hetero) is 1. The van der Waals surface area contributed by atoms with Crippen LogP contribution in [0.4, 0.5) is 13.2 Å². The minimum Gasteiger partial charge on any atom is -0.378 e. The molecule has 1 aromatic carbocycles. The molecule has 1 saturated heterocycles. The third kappa shape index (κ3) is 2.07. The molecule has 2 rings (SSSR count). The van der Waals surface area contributed by atoms with Crippen LogP contribution in [-0.4, -0.2) is 18.5 Å². The maximum atomic E-state index is 13.4. The summed E-state index contributed by atoms with van der Waals surface area (Å²) in [6, 6.07) is 1.73. The number of benzene rings is 1. The van der Waals surface area contributed by atoms with E-state index in [2.05, 4.69) is 0 Å². The first kappa shape index (κ1) is 12.1. The summed E-state index contributed by atoms with van der Waals surface area (Å²) in [7, 11) is 0. The first-order valence-electron chi connectivity index (χ1n) is 5.31. The monoisotopic (exact) mass is 244 g/mol. The Morgan fingerprint density at radius 1 is 1.29 bits per heavy atom. The number of hydrogen-bond donors (Lipinski definition) is 0. The summed E-state index contributed by atoms with van der Waals surface area (Å²) in [5.74, 6) is -5.35. The van der Waals surface area contributed by atoms with Gasteiger partial charge in [0.2, 0.25) is 0 Å². The van der Waals surface area contributed by atoms with Crippen LogP contribution in [-0.2, 0) is 4.74 Å². The average Bonchev–Trinajstić information content (AvgIpc) is 2.72. The zero-order chi connectivity index (χ0) is 12.6. The van der Waals surface area contributed by atoms with Crippen molar-refractivity contribution in [3.63, 3.8) is 0 Å². The highest BCUT2D eigenvalue weighted by Gasteiger charge is 2.33. The Hall–Kier alpha value is -1.36. The van der Waals surface area contributed by atoms with Crippen LogP contribution >= 0.6 is 0 Å². The summed E-state index contributed by atoms with van der Waals surface area (Å²) >= 11 is 0. The molecule has 1 aromatic rings. The van der Waals surface area contributed by atoms with Crippen molar-refractivity contribution in [1.29, 1.82) is 0 Å². The molecule has 0 radical (unpaired) electrons.